The molecule has 3 N–H and O–H groups in total. The first-order valence-electron chi connectivity index (χ1n) is 6.43. The summed E-state index contributed by atoms with van der Waals surface area (Å²) in [6.45, 7) is -1.07. The van der Waals surface area contributed by atoms with Crippen molar-refractivity contribution in [3.05, 3.63) is 28.8 Å². The van der Waals surface area contributed by atoms with E-state index in [0.29, 0.717) is 30.7 Å². The molecule has 0 aliphatic rings. The van der Waals surface area contributed by atoms with Crippen LogP contribution in [0.2, 0.25) is 0 Å². The number of carbonyl (C=O) groups is 2. The zero-order valence-electron chi connectivity index (χ0n) is 12.2. The fraction of sp³-hybridized carbons (Fsp3) is 0.333. The van der Waals surface area contributed by atoms with Crippen LogP contribution in [0.4, 0.5) is 0 Å². The molecule has 0 unspecified atom stereocenters. The zero-order valence-corrected chi connectivity index (χ0v) is 15.0. The van der Waals surface area contributed by atoms with Crippen molar-refractivity contribution in [2.24, 2.45) is 0 Å². The summed E-state index contributed by atoms with van der Waals surface area (Å²) in [5.74, 6) is -2.20. The van der Waals surface area contributed by atoms with Gasteiger partial charge in [-0.25, -0.2) is 0 Å². The van der Waals surface area contributed by atoms with Crippen molar-refractivity contribution in [3.8, 4) is 0 Å². The van der Waals surface area contributed by atoms with Crippen LogP contribution in [0.1, 0.15) is 26.3 Å². The normalized spacial score (nSPS) is 11.2. The molecule has 0 aromatic heterocycles. The summed E-state index contributed by atoms with van der Waals surface area (Å²) in [4.78, 5) is 23.9. The van der Waals surface area contributed by atoms with Crippen molar-refractivity contribution >= 4 is 53.1 Å². The molecular weight excluding hydrogens is 343 g/mol. The summed E-state index contributed by atoms with van der Waals surface area (Å²) in [6.07, 6.45) is -0.138. The first kappa shape index (κ1) is 20.0. The molecule has 0 heterocycles. The summed E-state index contributed by atoms with van der Waals surface area (Å²) < 4.78 is 39.2. The molecule has 0 saturated heterocycles. The molecule has 9 nitrogen and oxygen atoms in total. The fourth-order valence-electron chi connectivity index (χ4n) is 1.92. The Balaban J connectivity index is 3.36. The number of benzene rings is 1. The standard InChI is InChI=1S/C12H13O9S.Na/c13-5-4-8-9(11(15)20-7-6-14)2-1-3-10(8)12(16)21-22(17,18)19;/h2-3,13-14H,4-7H2,(H,17,18,19);. The second-order valence-electron chi connectivity index (χ2n) is 4.47. The monoisotopic (exact) mass is 356 g/mol. The Labute approximate surface area is 149 Å². The summed E-state index contributed by atoms with van der Waals surface area (Å²) in [5, 5.41) is 17.8. The van der Waals surface area contributed by atoms with Crippen molar-refractivity contribution in [1.29, 1.82) is 0 Å². The maximum atomic E-state index is 12.0. The van der Waals surface area contributed by atoms with E-state index in [0.717, 1.165) is 0 Å². The quantitative estimate of drug-likeness (QED) is 0.290. The molecule has 0 aliphatic heterocycles. The van der Waals surface area contributed by atoms with Crippen LogP contribution in [0.25, 0.3) is 0 Å². The van der Waals surface area contributed by atoms with Crippen LogP contribution in [0.5, 0.6) is 0 Å². The van der Waals surface area contributed by atoms with Gasteiger partial charge >= 0.3 is 150 Å². The van der Waals surface area contributed by atoms with Gasteiger partial charge in [-0.3, -0.25) is 0 Å². The molecule has 1 aromatic carbocycles. The predicted molar refractivity (Wildman–Crippen MR) is 77.0 cm³/mol. The Morgan fingerprint density at radius 2 is 1.65 bits per heavy atom. The van der Waals surface area contributed by atoms with Gasteiger partial charge in [-0.1, -0.05) is 0 Å². The van der Waals surface area contributed by atoms with Crippen LogP contribution >= 0.6 is 0 Å². The zero-order chi connectivity index (χ0) is 17.6. The summed E-state index contributed by atoms with van der Waals surface area (Å²) in [5.41, 5.74) is -0.272. The molecule has 23 heavy (non-hydrogen) atoms. The van der Waals surface area contributed by atoms with E-state index in [2.05, 4.69) is 4.18 Å². The maximum absolute atomic E-state index is 12.0. The van der Waals surface area contributed by atoms with Crippen molar-refractivity contribution in [1.82, 2.24) is 0 Å². The molecule has 0 bridgehead atoms. The SMILES string of the molecule is O=C(OCCO)c1c[c]([Na])cc(C(=O)OS(=O)(=O)O)c1CCO. The van der Waals surface area contributed by atoms with Gasteiger partial charge in [-0.05, 0) is 0 Å². The van der Waals surface area contributed by atoms with Crippen molar-refractivity contribution in [3.63, 3.8) is 0 Å². The Bertz CT molecular complexity index is 699. The van der Waals surface area contributed by atoms with Crippen LogP contribution in [0.3, 0.4) is 0 Å². The Morgan fingerprint density at radius 3 is 2.13 bits per heavy atom. The summed E-state index contributed by atoms with van der Waals surface area (Å²) >= 11 is 0.422. The Hall–Kier alpha value is -1.01. The topological polar surface area (TPSA) is 147 Å². The van der Waals surface area contributed by atoms with Gasteiger partial charge in [0, 0.05) is 0 Å². The third-order valence-electron chi connectivity index (χ3n) is 2.70. The molecule has 0 atom stereocenters. The van der Waals surface area contributed by atoms with E-state index < -0.39 is 28.9 Å². The fourth-order valence-corrected chi connectivity index (χ4v) is 2.78. The van der Waals surface area contributed by atoms with Gasteiger partial charge in [-0.15, -0.1) is 0 Å². The minimum absolute atomic E-state index is 0.0312. The van der Waals surface area contributed by atoms with Crippen LogP contribution in [0, 0.1) is 0 Å². The third-order valence-corrected chi connectivity index (χ3v) is 3.64. The van der Waals surface area contributed by atoms with Crippen LogP contribution in [0.15, 0.2) is 12.1 Å². The van der Waals surface area contributed by atoms with Crippen molar-refractivity contribution in [2.75, 3.05) is 19.8 Å². The molecular formula is C12H13NaO9S. The van der Waals surface area contributed by atoms with E-state index in [1.165, 1.54) is 12.1 Å². The van der Waals surface area contributed by atoms with E-state index in [4.69, 9.17) is 19.5 Å². The Kier molecular flexibility index (Phi) is 7.61. The van der Waals surface area contributed by atoms with Gasteiger partial charge in [0.15, 0.2) is 0 Å². The van der Waals surface area contributed by atoms with Gasteiger partial charge in [0.2, 0.25) is 0 Å². The van der Waals surface area contributed by atoms with Crippen LogP contribution < -0.4 is 2.81 Å². The molecule has 0 aliphatic carbocycles. The van der Waals surface area contributed by atoms with Crippen LogP contribution in [-0.2, 0) is 25.7 Å². The Morgan fingerprint density at radius 1 is 1.09 bits per heavy atom. The second kappa shape index (κ2) is 8.73. The molecule has 0 saturated carbocycles. The van der Waals surface area contributed by atoms with Crippen molar-refractivity contribution in [2.45, 2.75) is 6.42 Å². The van der Waals surface area contributed by atoms with Gasteiger partial charge in [-0.2, -0.15) is 0 Å². The molecule has 1 aromatic rings. The number of aliphatic hydroxyl groups excluding tert-OH is 2. The number of rotatable bonds is 7. The minimum atomic E-state index is -5.01. The molecule has 0 spiro atoms. The number of ether oxygens (including phenoxy) is 1. The molecule has 1 rings (SSSR count). The van der Waals surface area contributed by atoms with Gasteiger partial charge in [0.25, 0.3) is 0 Å². The van der Waals surface area contributed by atoms with Crippen molar-refractivity contribution < 1.29 is 41.7 Å². The van der Waals surface area contributed by atoms with Gasteiger partial charge in [0.05, 0.1) is 0 Å². The first-order valence-corrected chi connectivity index (χ1v) is 8.79. The average Bonchev–Trinajstić information content (AvgIpc) is 2.44. The average molecular weight is 356 g/mol. The van der Waals surface area contributed by atoms with Crippen LogP contribution in [-0.4, -0.2) is 82.9 Å². The van der Waals surface area contributed by atoms with Gasteiger partial charge < -0.3 is 0 Å². The predicted octanol–water partition coefficient (Wildman–Crippen LogP) is -1.88. The van der Waals surface area contributed by atoms with E-state index in [-0.39, 0.29) is 36.3 Å². The number of aliphatic hydroxyl groups is 2. The summed E-state index contributed by atoms with van der Waals surface area (Å²) in [6, 6.07) is 2.76. The number of hydrogen-bond acceptors (Lipinski definition) is 8. The number of esters is 1. The van der Waals surface area contributed by atoms with Gasteiger partial charge in [0.1, 0.15) is 0 Å². The third kappa shape index (κ3) is 6.18. The molecule has 0 fully saturated rings. The molecule has 0 amide bonds. The number of hydrogen-bond donors (Lipinski definition) is 3. The van der Waals surface area contributed by atoms with E-state index in [1.807, 2.05) is 0 Å². The molecule has 122 valence electrons. The first-order chi connectivity index (χ1) is 10.7. The molecule has 0 radical (unpaired) electrons. The summed E-state index contributed by atoms with van der Waals surface area (Å²) in [7, 11) is -5.01. The van der Waals surface area contributed by atoms with E-state index in [1.54, 1.807) is 0 Å². The second-order valence-corrected chi connectivity index (χ2v) is 6.65. The number of carbonyl (C=O) groups excluding carboxylic acids is 2. The van der Waals surface area contributed by atoms with E-state index >= 15 is 0 Å². The molecule has 11 heteroatoms. The van der Waals surface area contributed by atoms with E-state index in [9.17, 15) is 18.0 Å².